The van der Waals surface area contributed by atoms with Crippen molar-refractivity contribution in [2.24, 2.45) is 0 Å². The Morgan fingerprint density at radius 3 is 2.64 bits per heavy atom. The number of carbonyl (C=O) groups excluding carboxylic acids is 1. The molecular formula is C17H14N6OS. The summed E-state index contributed by atoms with van der Waals surface area (Å²) >= 11 is 1.40. The van der Waals surface area contributed by atoms with Crippen molar-refractivity contribution in [3.8, 4) is 11.3 Å². The molecule has 0 atom stereocenters. The number of nitrogens with one attached hydrogen (secondary N) is 1. The van der Waals surface area contributed by atoms with Gasteiger partial charge in [-0.15, -0.1) is 21.5 Å². The molecule has 0 spiro atoms. The molecule has 4 rings (SSSR count). The quantitative estimate of drug-likeness (QED) is 0.613. The first-order chi connectivity index (χ1) is 12.1. The molecule has 0 fully saturated rings. The Morgan fingerprint density at radius 1 is 1.12 bits per heavy atom. The summed E-state index contributed by atoms with van der Waals surface area (Å²) in [5, 5.41) is 16.0. The maximum Gasteiger partial charge on any atom is 0.267 e. The fourth-order valence-corrected chi connectivity index (χ4v) is 3.35. The Labute approximate surface area is 147 Å². The van der Waals surface area contributed by atoms with Gasteiger partial charge in [0.25, 0.3) is 5.91 Å². The van der Waals surface area contributed by atoms with E-state index in [-0.39, 0.29) is 5.91 Å². The average molecular weight is 350 g/mol. The summed E-state index contributed by atoms with van der Waals surface area (Å²) in [5.74, 6) is -0.139. The maximum absolute atomic E-state index is 12.3. The van der Waals surface area contributed by atoms with Crippen molar-refractivity contribution in [1.82, 2.24) is 24.8 Å². The fourth-order valence-electron chi connectivity index (χ4n) is 2.54. The number of aryl methyl sites for hydroxylation is 2. The molecule has 25 heavy (non-hydrogen) atoms. The zero-order valence-corrected chi connectivity index (χ0v) is 14.4. The van der Waals surface area contributed by atoms with Gasteiger partial charge in [-0.3, -0.25) is 4.79 Å². The van der Waals surface area contributed by atoms with E-state index in [9.17, 15) is 4.79 Å². The molecule has 0 aliphatic heterocycles. The van der Waals surface area contributed by atoms with Crippen LogP contribution in [0.1, 0.15) is 20.4 Å². The number of benzene rings is 1. The second-order valence-corrected chi connectivity index (χ2v) is 6.73. The van der Waals surface area contributed by atoms with Gasteiger partial charge in [0.2, 0.25) is 0 Å². The van der Waals surface area contributed by atoms with E-state index in [0.29, 0.717) is 10.5 Å². The van der Waals surface area contributed by atoms with Crippen LogP contribution in [0.4, 0.5) is 5.69 Å². The van der Waals surface area contributed by atoms with Crippen LogP contribution in [0.3, 0.4) is 0 Å². The van der Waals surface area contributed by atoms with Crippen LogP contribution in [0, 0.1) is 13.8 Å². The average Bonchev–Trinajstić information content (AvgIpc) is 3.20. The Kier molecular flexibility index (Phi) is 3.73. The summed E-state index contributed by atoms with van der Waals surface area (Å²) in [5.41, 5.74) is 3.92. The maximum atomic E-state index is 12.3. The van der Waals surface area contributed by atoms with Gasteiger partial charge in [0.15, 0.2) is 5.65 Å². The van der Waals surface area contributed by atoms with Crippen molar-refractivity contribution in [3.05, 3.63) is 58.3 Å². The second kappa shape index (κ2) is 6.06. The highest BCUT2D eigenvalue weighted by Gasteiger charge is 2.14. The van der Waals surface area contributed by atoms with Crippen LogP contribution in [0.25, 0.3) is 16.9 Å². The van der Waals surface area contributed by atoms with E-state index in [1.807, 2.05) is 50.2 Å². The summed E-state index contributed by atoms with van der Waals surface area (Å²) in [6, 6.07) is 11.3. The highest BCUT2D eigenvalue weighted by molar-refractivity contribution is 7.13. The predicted molar refractivity (Wildman–Crippen MR) is 95.8 cm³/mol. The molecule has 4 aromatic rings. The smallest absolute Gasteiger partial charge is 0.267 e. The van der Waals surface area contributed by atoms with Crippen LogP contribution in [0.5, 0.6) is 0 Å². The summed E-state index contributed by atoms with van der Waals surface area (Å²) in [4.78, 5) is 17.3. The second-order valence-electron chi connectivity index (χ2n) is 5.53. The minimum atomic E-state index is -0.139. The van der Waals surface area contributed by atoms with E-state index in [2.05, 4.69) is 25.6 Å². The Balaban J connectivity index is 1.55. The molecule has 0 unspecified atom stereocenters. The monoisotopic (exact) mass is 350 g/mol. The number of aromatic nitrogens is 5. The summed E-state index contributed by atoms with van der Waals surface area (Å²) in [7, 11) is 0. The number of hydrogen-bond acceptors (Lipinski definition) is 6. The van der Waals surface area contributed by atoms with Crippen molar-refractivity contribution in [2.45, 2.75) is 13.8 Å². The number of anilines is 1. The third-order valence-electron chi connectivity index (χ3n) is 3.71. The lowest BCUT2D eigenvalue weighted by atomic mass is 10.1. The normalized spacial score (nSPS) is 11.0. The topological polar surface area (TPSA) is 85.1 Å². The van der Waals surface area contributed by atoms with Crippen LogP contribution >= 0.6 is 11.3 Å². The third-order valence-corrected chi connectivity index (χ3v) is 4.78. The lowest BCUT2D eigenvalue weighted by molar-refractivity contribution is 0.103. The van der Waals surface area contributed by atoms with Gasteiger partial charge in [-0.05, 0) is 38.1 Å². The SMILES string of the molecule is Cc1nc(C)c(C(=O)Nc2ccc(-c3ccc4nncn4n3)cc2)s1. The number of fused-ring (bicyclic) bond motifs is 1. The molecule has 0 radical (unpaired) electrons. The predicted octanol–water partition coefficient (Wildman–Crippen LogP) is 3.12. The molecule has 0 aliphatic carbocycles. The van der Waals surface area contributed by atoms with E-state index < -0.39 is 0 Å². The third kappa shape index (κ3) is 2.99. The molecule has 1 N–H and O–H groups in total. The van der Waals surface area contributed by atoms with E-state index in [1.54, 1.807) is 10.8 Å². The van der Waals surface area contributed by atoms with Crippen molar-refractivity contribution in [1.29, 1.82) is 0 Å². The fraction of sp³-hybridized carbons (Fsp3) is 0.118. The van der Waals surface area contributed by atoms with Crippen molar-refractivity contribution >= 4 is 28.6 Å². The number of amides is 1. The molecule has 0 saturated heterocycles. The lowest BCUT2D eigenvalue weighted by Gasteiger charge is -2.06. The van der Waals surface area contributed by atoms with Crippen molar-refractivity contribution in [3.63, 3.8) is 0 Å². The largest absolute Gasteiger partial charge is 0.321 e. The van der Waals surface area contributed by atoms with E-state index in [0.717, 1.165) is 27.6 Å². The van der Waals surface area contributed by atoms with E-state index in [4.69, 9.17) is 0 Å². The van der Waals surface area contributed by atoms with Gasteiger partial charge in [-0.25, -0.2) is 4.98 Å². The van der Waals surface area contributed by atoms with Gasteiger partial charge in [-0.1, -0.05) is 12.1 Å². The Morgan fingerprint density at radius 2 is 1.92 bits per heavy atom. The highest BCUT2D eigenvalue weighted by Crippen LogP contribution is 2.22. The van der Waals surface area contributed by atoms with Gasteiger partial charge < -0.3 is 5.32 Å². The van der Waals surface area contributed by atoms with E-state index in [1.165, 1.54) is 11.3 Å². The number of hydrogen-bond donors (Lipinski definition) is 1. The first-order valence-corrected chi connectivity index (χ1v) is 8.45. The summed E-state index contributed by atoms with van der Waals surface area (Å²) in [6.45, 7) is 3.73. The number of carbonyl (C=O) groups is 1. The van der Waals surface area contributed by atoms with Gasteiger partial charge in [-0.2, -0.15) is 9.61 Å². The number of thiazole rings is 1. The summed E-state index contributed by atoms with van der Waals surface area (Å²) in [6.07, 6.45) is 1.56. The van der Waals surface area contributed by atoms with Crippen LogP contribution < -0.4 is 5.32 Å². The van der Waals surface area contributed by atoms with Crippen LogP contribution in [-0.2, 0) is 0 Å². The number of nitrogens with zero attached hydrogens (tertiary/aromatic N) is 5. The zero-order valence-electron chi connectivity index (χ0n) is 13.6. The van der Waals surface area contributed by atoms with Crippen LogP contribution in [0.15, 0.2) is 42.7 Å². The molecule has 7 nitrogen and oxygen atoms in total. The summed E-state index contributed by atoms with van der Waals surface area (Å²) < 4.78 is 1.62. The molecule has 3 heterocycles. The minimum absolute atomic E-state index is 0.139. The molecule has 1 aromatic carbocycles. The molecule has 0 bridgehead atoms. The zero-order chi connectivity index (χ0) is 17.4. The lowest BCUT2D eigenvalue weighted by Crippen LogP contribution is -2.11. The minimum Gasteiger partial charge on any atom is -0.321 e. The first kappa shape index (κ1) is 15.4. The van der Waals surface area contributed by atoms with Gasteiger partial charge in [0.05, 0.1) is 16.4 Å². The number of rotatable bonds is 3. The highest BCUT2D eigenvalue weighted by atomic mass is 32.1. The van der Waals surface area contributed by atoms with Gasteiger partial charge in [0, 0.05) is 11.3 Å². The molecule has 1 amide bonds. The Hall–Kier alpha value is -3.13. The van der Waals surface area contributed by atoms with Crippen LogP contribution in [-0.4, -0.2) is 30.7 Å². The van der Waals surface area contributed by atoms with Gasteiger partial charge >= 0.3 is 0 Å². The van der Waals surface area contributed by atoms with Crippen molar-refractivity contribution in [2.75, 3.05) is 5.32 Å². The molecule has 124 valence electrons. The molecular weight excluding hydrogens is 336 g/mol. The van der Waals surface area contributed by atoms with Crippen molar-refractivity contribution < 1.29 is 4.79 Å². The van der Waals surface area contributed by atoms with E-state index >= 15 is 0 Å². The molecule has 3 aromatic heterocycles. The standard InChI is InChI=1S/C17H14N6OS/c1-10-16(25-11(2)19-10)17(24)20-13-5-3-12(4-6-13)14-7-8-15-21-18-9-23(15)22-14/h3-9H,1-2H3,(H,20,24). The Bertz CT molecular complexity index is 1070. The first-order valence-electron chi connectivity index (χ1n) is 7.63. The molecule has 8 heteroatoms. The molecule has 0 saturated carbocycles. The molecule has 0 aliphatic rings. The van der Waals surface area contributed by atoms with Gasteiger partial charge in [0.1, 0.15) is 11.2 Å². The van der Waals surface area contributed by atoms with Crippen LogP contribution in [0.2, 0.25) is 0 Å².